The molecule has 0 radical (unpaired) electrons. The summed E-state index contributed by atoms with van der Waals surface area (Å²) in [6.07, 6.45) is 5.30. The molecule has 3 rings (SSSR count). The van der Waals surface area contributed by atoms with Gasteiger partial charge in [-0.3, -0.25) is 9.78 Å². The summed E-state index contributed by atoms with van der Waals surface area (Å²) in [5.41, 5.74) is 2.16. The second-order valence-corrected chi connectivity index (χ2v) is 6.11. The third-order valence-electron chi connectivity index (χ3n) is 4.36. The van der Waals surface area contributed by atoms with Crippen LogP contribution < -0.4 is 4.74 Å². The van der Waals surface area contributed by atoms with Crippen LogP contribution in [0.3, 0.4) is 0 Å². The topological polar surface area (TPSA) is 68.2 Å². The van der Waals surface area contributed by atoms with E-state index in [9.17, 15) is 4.79 Å². The number of ether oxygens (including phenoxy) is 1. The Morgan fingerprint density at radius 1 is 1.29 bits per heavy atom. The SMILES string of the molecule is Cc1ncc(C(=O)N2CCCC2COc2cccnc2C)c(C)n1. The van der Waals surface area contributed by atoms with Gasteiger partial charge in [-0.05, 0) is 45.7 Å². The summed E-state index contributed by atoms with van der Waals surface area (Å²) in [5.74, 6) is 1.44. The van der Waals surface area contributed by atoms with E-state index in [1.807, 2.05) is 37.8 Å². The normalized spacial score (nSPS) is 17.1. The lowest BCUT2D eigenvalue weighted by Crippen LogP contribution is -2.39. The smallest absolute Gasteiger partial charge is 0.257 e. The lowest BCUT2D eigenvalue weighted by atomic mass is 10.2. The van der Waals surface area contributed by atoms with Gasteiger partial charge in [0.2, 0.25) is 0 Å². The van der Waals surface area contributed by atoms with Gasteiger partial charge in [-0.2, -0.15) is 0 Å². The molecule has 126 valence electrons. The molecule has 1 aliphatic rings. The fourth-order valence-electron chi connectivity index (χ4n) is 3.03. The van der Waals surface area contributed by atoms with Crippen LogP contribution in [0.5, 0.6) is 5.75 Å². The quantitative estimate of drug-likeness (QED) is 0.863. The van der Waals surface area contributed by atoms with Crippen LogP contribution in [-0.4, -0.2) is 45.0 Å². The number of amides is 1. The number of hydrogen-bond acceptors (Lipinski definition) is 5. The number of rotatable bonds is 4. The van der Waals surface area contributed by atoms with Gasteiger partial charge < -0.3 is 9.64 Å². The van der Waals surface area contributed by atoms with Gasteiger partial charge in [0.05, 0.1) is 23.0 Å². The first-order valence-electron chi connectivity index (χ1n) is 8.22. The number of aromatic nitrogens is 3. The Hall–Kier alpha value is -2.50. The standard InChI is InChI=1S/C18H22N4O2/c1-12-16(10-20-14(3)21-12)18(23)22-9-5-6-15(22)11-24-17-7-4-8-19-13(17)2/h4,7-8,10,15H,5-6,9,11H2,1-3H3. The van der Waals surface area contributed by atoms with E-state index < -0.39 is 0 Å². The summed E-state index contributed by atoms with van der Waals surface area (Å²) >= 11 is 0. The van der Waals surface area contributed by atoms with Crippen molar-refractivity contribution in [3.63, 3.8) is 0 Å². The Balaban J connectivity index is 1.71. The molecule has 3 heterocycles. The van der Waals surface area contributed by atoms with Gasteiger partial charge >= 0.3 is 0 Å². The number of aryl methyl sites for hydroxylation is 3. The molecular weight excluding hydrogens is 304 g/mol. The van der Waals surface area contributed by atoms with Gasteiger partial charge in [-0.25, -0.2) is 9.97 Å². The first-order valence-corrected chi connectivity index (χ1v) is 8.22. The molecule has 24 heavy (non-hydrogen) atoms. The summed E-state index contributed by atoms with van der Waals surface area (Å²) in [4.78, 5) is 27.4. The van der Waals surface area contributed by atoms with E-state index >= 15 is 0 Å². The van der Waals surface area contributed by atoms with Gasteiger partial charge in [-0.15, -0.1) is 0 Å². The summed E-state index contributed by atoms with van der Waals surface area (Å²) < 4.78 is 5.90. The minimum absolute atomic E-state index is 0.0125. The third-order valence-corrected chi connectivity index (χ3v) is 4.36. The van der Waals surface area contributed by atoms with E-state index in [0.717, 1.165) is 36.5 Å². The van der Waals surface area contributed by atoms with Gasteiger partial charge in [-0.1, -0.05) is 0 Å². The molecular formula is C18H22N4O2. The van der Waals surface area contributed by atoms with Crippen molar-refractivity contribution in [2.45, 2.75) is 39.7 Å². The van der Waals surface area contributed by atoms with Crippen molar-refractivity contribution < 1.29 is 9.53 Å². The average molecular weight is 326 g/mol. The maximum atomic E-state index is 12.8. The van der Waals surface area contributed by atoms with Crippen molar-refractivity contribution >= 4 is 5.91 Å². The zero-order valence-electron chi connectivity index (χ0n) is 14.3. The molecule has 1 unspecified atom stereocenters. The second-order valence-electron chi connectivity index (χ2n) is 6.11. The minimum Gasteiger partial charge on any atom is -0.490 e. The first kappa shape index (κ1) is 16.4. The Morgan fingerprint density at radius 2 is 2.12 bits per heavy atom. The first-order chi connectivity index (χ1) is 11.6. The fraction of sp³-hybridized carbons (Fsp3) is 0.444. The number of nitrogens with zero attached hydrogens (tertiary/aromatic N) is 4. The van der Waals surface area contributed by atoms with E-state index in [1.54, 1.807) is 12.4 Å². The highest BCUT2D eigenvalue weighted by atomic mass is 16.5. The summed E-state index contributed by atoms with van der Waals surface area (Å²) in [5, 5.41) is 0. The predicted octanol–water partition coefficient (Wildman–Crippen LogP) is 2.48. The van der Waals surface area contributed by atoms with Crippen molar-refractivity contribution in [2.75, 3.05) is 13.2 Å². The molecule has 0 aliphatic carbocycles. The van der Waals surface area contributed by atoms with Crippen molar-refractivity contribution in [3.05, 3.63) is 47.3 Å². The van der Waals surface area contributed by atoms with E-state index in [4.69, 9.17) is 4.74 Å². The summed E-state index contributed by atoms with van der Waals surface area (Å²) in [7, 11) is 0. The third kappa shape index (κ3) is 3.37. The maximum Gasteiger partial charge on any atom is 0.257 e. The molecule has 0 saturated carbocycles. The molecule has 0 bridgehead atoms. The monoisotopic (exact) mass is 326 g/mol. The molecule has 1 aliphatic heterocycles. The predicted molar refractivity (Wildman–Crippen MR) is 90.0 cm³/mol. The van der Waals surface area contributed by atoms with Crippen LogP contribution in [-0.2, 0) is 0 Å². The summed E-state index contributed by atoms with van der Waals surface area (Å²) in [6, 6.07) is 3.83. The zero-order valence-corrected chi connectivity index (χ0v) is 14.3. The van der Waals surface area contributed by atoms with E-state index in [-0.39, 0.29) is 11.9 Å². The molecule has 2 aromatic rings. The molecule has 1 atom stereocenters. The number of carbonyl (C=O) groups is 1. The van der Waals surface area contributed by atoms with Gasteiger partial charge in [0, 0.05) is 18.9 Å². The second kappa shape index (κ2) is 6.95. The van der Waals surface area contributed by atoms with Crippen LogP contribution in [0.4, 0.5) is 0 Å². The Bertz CT molecular complexity index is 748. The summed E-state index contributed by atoms with van der Waals surface area (Å²) in [6.45, 7) is 6.81. The van der Waals surface area contributed by atoms with E-state index in [1.165, 1.54) is 0 Å². The van der Waals surface area contributed by atoms with Crippen LogP contribution >= 0.6 is 0 Å². The number of carbonyl (C=O) groups excluding carboxylic acids is 1. The van der Waals surface area contributed by atoms with Crippen molar-refractivity contribution in [1.82, 2.24) is 19.9 Å². The Labute approximate surface area is 141 Å². The van der Waals surface area contributed by atoms with Gasteiger partial charge in [0.1, 0.15) is 18.2 Å². The molecule has 6 heteroatoms. The highest BCUT2D eigenvalue weighted by molar-refractivity contribution is 5.95. The minimum atomic E-state index is -0.0125. The van der Waals surface area contributed by atoms with Crippen molar-refractivity contribution in [2.24, 2.45) is 0 Å². The molecule has 1 amide bonds. The van der Waals surface area contributed by atoms with Gasteiger partial charge in [0.25, 0.3) is 5.91 Å². The molecule has 0 aromatic carbocycles. The molecule has 0 spiro atoms. The lowest BCUT2D eigenvalue weighted by molar-refractivity contribution is 0.0689. The van der Waals surface area contributed by atoms with Crippen molar-refractivity contribution in [3.8, 4) is 5.75 Å². The number of likely N-dealkylation sites (tertiary alicyclic amines) is 1. The lowest BCUT2D eigenvalue weighted by Gasteiger charge is -2.25. The van der Waals surface area contributed by atoms with E-state index in [2.05, 4.69) is 15.0 Å². The Morgan fingerprint density at radius 3 is 2.88 bits per heavy atom. The van der Waals surface area contributed by atoms with Crippen LogP contribution in [0.1, 0.15) is 40.4 Å². The van der Waals surface area contributed by atoms with Crippen LogP contribution in [0.15, 0.2) is 24.5 Å². The highest BCUT2D eigenvalue weighted by Crippen LogP contribution is 2.23. The fourth-order valence-corrected chi connectivity index (χ4v) is 3.03. The van der Waals surface area contributed by atoms with Gasteiger partial charge in [0.15, 0.2) is 0 Å². The van der Waals surface area contributed by atoms with Crippen LogP contribution in [0.2, 0.25) is 0 Å². The largest absolute Gasteiger partial charge is 0.490 e. The molecule has 6 nitrogen and oxygen atoms in total. The van der Waals surface area contributed by atoms with Crippen LogP contribution in [0, 0.1) is 20.8 Å². The molecule has 2 aromatic heterocycles. The Kier molecular flexibility index (Phi) is 4.74. The average Bonchev–Trinajstić information content (AvgIpc) is 3.02. The molecule has 1 fully saturated rings. The van der Waals surface area contributed by atoms with E-state index in [0.29, 0.717) is 18.0 Å². The maximum absolute atomic E-state index is 12.8. The highest BCUT2D eigenvalue weighted by Gasteiger charge is 2.31. The van der Waals surface area contributed by atoms with Crippen LogP contribution in [0.25, 0.3) is 0 Å². The number of pyridine rings is 1. The molecule has 0 N–H and O–H groups in total. The number of hydrogen-bond donors (Lipinski definition) is 0. The molecule has 1 saturated heterocycles. The van der Waals surface area contributed by atoms with Crippen molar-refractivity contribution in [1.29, 1.82) is 0 Å². The zero-order chi connectivity index (χ0) is 17.1.